The van der Waals surface area contributed by atoms with Crippen molar-refractivity contribution in [1.29, 1.82) is 0 Å². The Morgan fingerprint density at radius 3 is 2.83 bits per heavy atom. The number of nitrogens with zero attached hydrogens (tertiary/aromatic N) is 2. The molecule has 1 heterocycles. The van der Waals surface area contributed by atoms with Crippen molar-refractivity contribution < 1.29 is 9.18 Å². The number of rotatable bonds is 4. The molecule has 2 aromatic carbocycles. The molecular weight excluding hydrogens is 331 g/mol. The second-order valence-electron chi connectivity index (χ2n) is 5.34. The largest absolute Gasteiger partial charge is 0.337 e. The van der Waals surface area contributed by atoms with Crippen molar-refractivity contribution in [3.05, 3.63) is 59.1 Å². The number of aryl methyl sites for hydroxylation is 1. The van der Waals surface area contributed by atoms with Crippen LogP contribution in [-0.4, -0.2) is 22.1 Å². The van der Waals surface area contributed by atoms with E-state index >= 15 is 0 Å². The molecule has 124 valence electrons. The third-order valence-electron chi connectivity index (χ3n) is 3.67. The van der Waals surface area contributed by atoms with Crippen LogP contribution in [0.25, 0.3) is 11.0 Å². The Kier molecular flexibility index (Phi) is 4.66. The molecule has 0 fully saturated rings. The van der Waals surface area contributed by atoms with Gasteiger partial charge in [0.05, 0.1) is 5.52 Å². The molecule has 0 saturated heterocycles. The predicted molar refractivity (Wildman–Crippen MR) is 92.8 cm³/mol. The summed E-state index contributed by atoms with van der Waals surface area (Å²) < 4.78 is 15.6. The molecule has 0 atom stereocenters. The Labute approximate surface area is 143 Å². The maximum atomic E-state index is 13.7. The number of urea groups is 1. The maximum Gasteiger partial charge on any atom is 0.319 e. The lowest BCUT2D eigenvalue weighted by Gasteiger charge is -2.08. The van der Waals surface area contributed by atoms with Gasteiger partial charge >= 0.3 is 6.03 Å². The van der Waals surface area contributed by atoms with Gasteiger partial charge in [0, 0.05) is 30.7 Å². The highest BCUT2D eigenvalue weighted by Gasteiger charge is 2.11. The molecule has 0 spiro atoms. The molecule has 3 rings (SSSR count). The van der Waals surface area contributed by atoms with Crippen LogP contribution in [0.15, 0.2) is 42.5 Å². The number of anilines is 1. The smallest absolute Gasteiger partial charge is 0.319 e. The fourth-order valence-corrected chi connectivity index (χ4v) is 2.67. The van der Waals surface area contributed by atoms with Crippen molar-refractivity contribution >= 4 is 34.4 Å². The first-order chi connectivity index (χ1) is 11.5. The third kappa shape index (κ3) is 3.49. The maximum absolute atomic E-state index is 13.7. The van der Waals surface area contributed by atoms with Crippen LogP contribution in [0.1, 0.15) is 5.82 Å². The molecule has 0 aliphatic heterocycles. The number of carbonyl (C=O) groups is 1. The molecule has 1 aromatic heterocycles. The molecule has 24 heavy (non-hydrogen) atoms. The lowest BCUT2D eigenvalue weighted by Crippen LogP contribution is -2.30. The summed E-state index contributed by atoms with van der Waals surface area (Å²) in [5.41, 5.74) is 1.69. The van der Waals surface area contributed by atoms with Gasteiger partial charge in [-0.3, -0.25) is 0 Å². The van der Waals surface area contributed by atoms with Crippen LogP contribution in [0, 0.1) is 5.82 Å². The monoisotopic (exact) mass is 346 g/mol. The number of carbonyl (C=O) groups excluding carboxylic acids is 1. The van der Waals surface area contributed by atoms with E-state index < -0.39 is 0 Å². The van der Waals surface area contributed by atoms with E-state index in [1.165, 1.54) is 6.07 Å². The first-order valence-electron chi connectivity index (χ1n) is 7.45. The highest BCUT2D eigenvalue weighted by molar-refractivity contribution is 6.30. The Morgan fingerprint density at radius 1 is 1.29 bits per heavy atom. The molecule has 2 N–H and O–H groups in total. The van der Waals surface area contributed by atoms with Gasteiger partial charge in [-0.25, -0.2) is 14.2 Å². The van der Waals surface area contributed by atoms with Gasteiger partial charge in [-0.05, 0) is 30.3 Å². The zero-order valence-electron chi connectivity index (χ0n) is 13.0. The Hall–Kier alpha value is -2.60. The van der Waals surface area contributed by atoms with Gasteiger partial charge in [0.2, 0.25) is 0 Å². The number of halogens is 2. The van der Waals surface area contributed by atoms with Crippen LogP contribution in [0.3, 0.4) is 0 Å². The van der Waals surface area contributed by atoms with Crippen molar-refractivity contribution in [2.75, 3.05) is 11.9 Å². The Morgan fingerprint density at radius 2 is 2.08 bits per heavy atom. The molecule has 0 radical (unpaired) electrons. The van der Waals surface area contributed by atoms with Crippen molar-refractivity contribution in [2.45, 2.75) is 6.42 Å². The van der Waals surface area contributed by atoms with Gasteiger partial charge in [0.1, 0.15) is 11.3 Å². The summed E-state index contributed by atoms with van der Waals surface area (Å²) in [4.78, 5) is 16.2. The van der Waals surface area contributed by atoms with Crippen molar-refractivity contribution in [3.8, 4) is 0 Å². The number of hydrogen-bond acceptors (Lipinski definition) is 2. The Bertz CT molecular complexity index is 893. The molecule has 0 unspecified atom stereocenters. The average Bonchev–Trinajstić information content (AvgIpc) is 2.86. The van der Waals surface area contributed by atoms with Gasteiger partial charge < -0.3 is 15.2 Å². The van der Waals surface area contributed by atoms with E-state index in [-0.39, 0.29) is 11.8 Å². The molecule has 0 aliphatic rings. The lowest BCUT2D eigenvalue weighted by atomic mass is 10.3. The topological polar surface area (TPSA) is 59.0 Å². The van der Waals surface area contributed by atoms with Crippen molar-refractivity contribution in [2.24, 2.45) is 7.05 Å². The van der Waals surface area contributed by atoms with E-state index in [2.05, 4.69) is 15.6 Å². The molecule has 3 aromatic rings. The summed E-state index contributed by atoms with van der Waals surface area (Å²) in [7, 11) is 1.83. The van der Waals surface area contributed by atoms with Crippen LogP contribution >= 0.6 is 11.6 Å². The summed E-state index contributed by atoms with van der Waals surface area (Å²) >= 11 is 5.87. The van der Waals surface area contributed by atoms with Gasteiger partial charge in [-0.2, -0.15) is 0 Å². The highest BCUT2D eigenvalue weighted by atomic mass is 35.5. The van der Waals surface area contributed by atoms with Crippen LogP contribution in [0.5, 0.6) is 0 Å². The SMILES string of the molecule is Cn1c(CCNC(=O)Nc2cccc(Cl)c2)nc2c(F)cccc21. The van der Waals surface area contributed by atoms with Gasteiger partial charge in [0.15, 0.2) is 5.82 Å². The molecule has 0 aliphatic carbocycles. The summed E-state index contributed by atoms with van der Waals surface area (Å²) in [6.45, 7) is 0.380. The quantitative estimate of drug-likeness (QED) is 0.756. The summed E-state index contributed by atoms with van der Waals surface area (Å²) in [5.74, 6) is 0.360. The number of hydrogen-bond donors (Lipinski definition) is 2. The minimum atomic E-state index is -0.346. The average molecular weight is 347 g/mol. The van der Waals surface area contributed by atoms with Gasteiger partial charge in [-0.1, -0.05) is 23.7 Å². The minimum absolute atomic E-state index is 0.331. The van der Waals surface area contributed by atoms with E-state index in [0.717, 1.165) is 5.52 Å². The minimum Gasteiger partial charge on any atom is -0.337 e. The second-order valence-corrected chi connectivity index (χ2v) is 5.77. The number of amides is 2. The fraction of sp³-hybridized carbons (Fsp3) is 0.176. The predicted octanol–water partition coefficient (Wildman–Crippen LogP) is 3.73. The van der Waals surface area contributed by atoms with Gasteiger partial charge in [-0.15, -0.1) is 0 Å². The number of benzene rings is 2. The molecule has 2 amide bonds. The standard InChI is InChI=1S/C17H16ClFN4O/c1-23-14-7-3-6-13(19)16(14)22-15(23)8-9-20-17(24)21-12-5-2-4-11(18)10-12/h2-7,10H,8-9H2,1H3,(H2,20,21,24). The first kappa shape index (κ1) is 16.3. The van der Waals surface area contributed by atoms with E-state index in [9.17, 15) is 9.18 Å². The fourth-order valence-electron chi connectivity index (χ4n) is 2.48. The summed E-state index contributed by atoms with van der Waals surface area (Å²) in [6, 6.07) is 11.4. The number of imidazole rings is 1. The molecule has 0 saturated carbocycles. The zero-order valence-corrected chi connectivity index (χ0v) is 13.8. The summed E-state index contributed by atoms with van der Waals surface area (Å²) in [6.07, 6.45) is 0.494. The van der Waals surface area contributed by atoms with E-state index in [1.807, 2.05) is 17.7 Å². The number of nitrogens with one attached hydrogen (secondary N) is 2. The first-order valence-corrected chi connectivity index (χ1v) is 7.82. The molecule has 7 heteroatoms. The van der Waals surface area contributed by atoms with E-state index in [4.69, 9.17) is 11.6 Å². The van der Waals surface area contributed by atoms with E-state index in [0.29, 0.717) is 35.0 Å². The van der Waals surface area contributed by atoms with Crippen LogP contribution in [0.2, 0.25) is 5.02 Å². The number of fused-ring (bicyclic) bond motifs is 1. The number of aromatic nitrogens is 2. The van der Waals surface area contributed by atoms with Crippen LogP contribution < -0.4 is 10.6 Å². The van der Waals surface area contributed by atoms with Crippen LogP contribution in [-0.2, 0) is 13.5 Å². The third-order valence-corrected chi connectivity index (χ3v) is 3.91. The van der Waals surface area contributed by atoms with Crippen molar-refractivity contribution in [3.63, 3.8) is 0 Å². The second kappa shape index (κ2) is 6.88. The lowest BCUT2D eigenvalue weighted by molar-refractivity contribution is 0.252. The van der Waals surface area contributed by atoms with Gasteiger partial charge in [0.25, 0.3) is 0 Å². The van der Waals surface area contributed by atoms with E-state index in [1.54, 1.807) is 30.3 Å². The molecule has 5 nitrogen and oxygen atoms in total. The molecule has 0 bridgehead atoms. The summed E-state index contributed by atoms with van der Waals surface area (Å²) in [5, 5.41) is 5.99. The number of para-hydroxylation sites is 1. The highest BCUT2D eigenvalue weighted by Crippen LogP contribution is 2.18. The molecular formula is C17H16ClFN4O. The normalized spacial score (nSPS) is 10.8. The van der Waals surface area contributed by atoms with Crippen LogP contribution in [0.4, 0.5) is 14.9 Å². The van der Waals surface area contributed by atoms with Crippen molar-refractivity contribution in [1.82, 2.24) is 14.9 Å². The zero-order chi connectivity index (χ0) is 17.1. The Balaban J connectivity index is 1.59.